The van der Waals surface area contributed by atoms with Crippen LogP contribution >= 0.6 is 27.5 Å². The predicted octanol–water partition coefficient (Wildman–Crippen LogP) is 6.16. The molecule has 1 aromatic heterocycles. The van der Waals surface area contributed by atoms with Gasteiger partial charge in [-0.25, -0.2) is 4.79 Å². The maximum atomic E-state index is 13.2. The van der Waals surface area contributed by atoms with Crippen LogP contribution in [0.15, 0.2) is 47.1 Å². The first-order chi connectivity index (χ1) is 13.7. The standard InChI is InChI=1S/C18H13BrClF3N4O2/c1-29-15-5-3-10(7-11(15)16-13(19)8-24-27-16)25-17(28)26-14-4-2-9(20)6-12(14)18(21,22)23/h2-8H,1H3,(H,24,27)(H2,25,26,28). The molecule has 2 amide bonds. The van der Waals surface area contributed by atoms with Gasteiger partial charge in [0.15, 0.2) is 0 Å². The SMILES string of the molecule is COc1ccc(NC(=O)Nc2ccc(Cl)cc2C(F)(F)F)cc1-c1[nH]ncc1Br. The molecule has 3 N–H and O–H groups in total. The molecule has 0 aliphatic heterocycles. The minimum Gasteiger partial charge on any atom is -0.496 e. The lowest BCUT2D eigenvalue weighted by molar-refractivity contribution is -0.136. The number of rotatable bonds is 4. The largest absolute Gasteiger partial charge is 0.496 e. The Hall–Kier alpha value is -2.72. The Morgan fingerprint density at radius 3 is 2.59 bits per heavy atom. The molecule has 0 aliphatic carbocycles. The van der Waals surface area contributed by atoms with Crippen molar-refractivity contribution in [2.45, 2.75) is 6.18 Å². The molecule has 152 valence electrons. The van der Waals surface area contributed by atoms with E-state index in [9.17, 15) is 18.0 Å². The maximum Gasteiger partial charge on any atom is 0.418 e. The maximum absolute atomic E-state index is 13.2. The minimum absolute atomic E-state index is 0.0896. The molecule has 0 unspecified atom stereocenters. The zero-order valence-electron chi connectivity index (χ0n) is 14.7. The molecule has 0 radical (unpaired) electrons. The van der Waals surface area contributed by atoms with Crippen LogP contribution in [0.5, 0.6) is 5.75 Å². The van der Waals surface area contributed by atoms with Crippen LogP contribution < -0.4 is 15.4 Å². The molecule has 0 fully saturated rings. The number of benzene rings is 2. The summed E-state index contributed by atoms with van der Waals surface area (Å²) in [5.74, 6) is 0.512. The molecular weight excluding hydrogens is 477 g/mol. The number of H-pyrrole nitrogens is 1. The van der Waals surface area contributed by atoms with Gasteiger partial charge in [-0.3, -0.25) is 5.10 Å². The summed E-state index contributed by atoms with van der Waals surface area (Å²) < 4.78 is 45.5. The van der Waals surface area contributed by atoms with E-state index in [0.29, 0.717) is 27.2 Å². The summed E-state index contributed by atoms with van der Waals surface area (Å²) in [4.78, 5) is 12.3. The van der Waals surface area contributed by atoms with Gasteiger partial charge in [0.05, 0.1) is 34.7 Å². The second-order valence-electron chi connectivity index (χ2n) is 5.77. The predicted molar refractivity (Wildman–Crippen MR) is 107 cm³/mol. The smallest absolute Gasteiger partial charge is 0.418 e. The Bertz CT molecular complexity index is 1060. The molecule has 0 aliphatic rings. The fourth-order valence-corrected chi connectivity index (χ4v) is 3.16. The van der Waals surface area contributed by atoms with Crippen molar-refractivity contribution in [3.05, 3.63) is 57.7 Å². The molecule has 0 atom stereocenters. The fourth-order valence-electron chi connectivity index (χ4n) is 2.59. The third-order valence-corrected chi connectivity index (χ3v) is 4.69. The highest BCUT2D eigenvalue weighted by Gasteiger charge is 2.34. The van der Waals surface area contributed by atoms with Crippen LogP contribution in [-0.4, -0.2) is 23.3 Å². The molecule has 0 saturated heterocycles. The quantitative estimate of drug-likeness (QED) is 0.410. The number of halogens is 5. The highest BCUT2D eigenvalue weighted by molar-refractivity contribution is 9.10. The molecule has 0 spiro atoms. The van der Waals surface area contributed by atoms with Crippen molar-refractivity contribution < 1.29 is 22.7 Å². The van der Waals surface area contributed by atoms with Crippen molar-refractivity contribution in [3.8, 4) is 17.0 Å². The summed E-state index contributed by atoms with van der Waals surface area (Å²) in [6, 6.07) is 7.01. The summed E-state index contributed by atoms with van der Waals surface area (Å²) in [5, 5.41) is 11.3. The number of aromatic nitrogens is 2. The third kappa shape index (κ3) is 4.83. The van der Waals surface area contributed by atoms with Crippen LogP contribution in [0, 0.1) is 0 Å². The van der Waals surface area contributed by atoms with Crippen molar-refractivity contribution >= 4 is 44.9 Å². The number of aromatic amines is 1. The molecule has 2 aromatic carbocycles. The first-order valence-corrected chi connectivity index (χ1v) is 9.18. The lowest BCUT2D eigenvalue weighted by atomic mass is 10.1. The van der Waals surface area contributed by atoms with E-state index in [4.69, 9.17) is 16.3 Å². The van der Waals surface area contributed by atoms with Gasteiger partial charge in [-0.1, -0.05) is 11.6 Å². The van der Waals surface area contributed by atoms with Crippen LogP contribution in [-0.2, 0) is 6.18 Å². The number of anilines is 2. The van der Waals surface area contributed by atoms with Gasteiger partial charge in [0.1, 0.15) is 5.75 Å². The zero-order chi connectivity index (χ0) is 21.2. The molecular formula is C18H13BrClF3N4O2. The van der Waals surface area contributed by atoms with Crippen LogP contribution in [0.25, 0.3) is 11.3 Å². The highest BCUT2D eigenvalue weighted by Crippen LogP contribution is 2.37. The number of hydrogen-bond donors (Lipinski definition) is 3. The van der Waals surface area contributed by atoms with Gasteiger partial charge in [-0.15, -0.1) is 0 Å². The number of nitrogens with one attached hydrogen (secondary N) is 3. The Kier molecular flexibility index (Phi) is 6.04. The van der Waals surface area contributed by atoms with Gasteiger partial charge in [-0.2, -0.15) is 18.3 Å². The van der Waals surface area contributed by atoms with Crippen molar-refractivity contribution in [1.82, 2.24) is 10.2 Å². The molecule has 29 heavy (non-hydrogen) atoms. The zero-order valence-corrected chi connectivity index (χ0v) is 17.0. The van der Waals surface area contributed by atoms with Crippen molar-refractivity contribution in [1.29, 1.82) is 0 Å². The first-order valence-electron chi connectivity index (χ1n) is 8.01. The normalized spacial score (nSPS) is 11.2. The average molecular weight is 490 g/mol. The van der Waals surface area contributed by atoms with Gasteiger partial charge in [0, 0.05) is 16.3 Å². The topological polar surface area (TPSA) is 79.0 Å². The fraction of sp³-hybridized carbons (Fsp3) is 0.111. The lowest BCUT2D eigenvalue weighted by Crippen LogP contribution is -2.22. The molecule has 6 nitrogen and oxygen atoms in total. The molecule has 0 saturated carbocycles. The number of methoxy groups -OCH3 is 1. The molecule has 11 heteroatoms. The summed E-state index contributed by atoms with van der Waals surface area (Å²) in [5.41, 5.74) is 0.0869. The lowest BCUT2D eigenvalue weighted by Gasteiger charge is -2.15. The van der Waals surface area contributed by atoms with Gasteiger partial charge in [0.2, 0.25) is 0 Å². The van der Waals surface area contributed by atoms with Gasteiger partial charge in [-0.05, 0) is 52.3 Å². The number of amides is 2. The van der Waals surface area contributed by atoms with Crippen LogP contribution in [0.2, 0.25) is 5.02 Å². The minimum atomic E-state index is -4.67. The van der Waals surface area contributed by atoms with Crippen molar-refractivity contribution in [2.24, 2.45) is 0 Å². The summed E-state index contributed by atoms with van der Waals surface area (Å²) in [6.45, 7) is 0. The average Bonchev–Trinajstić information content (AvgIpc) is 3.08. The van der Waals surface area contributed by atoms with Crippen molar-refractivity contribution in [2.75, 3.05) is 17.7 Å². The Balaban J connectivity index is 1.85. The number of hydrogen-bond acceptors (Lipinski definition) is 3. The van der Waals surface area contributed by atoms with E-state index in [1.165, 1.54) is 13.2 Å². The van der Waals surface area contributed by atoms with E-state index in [-0.39, 0.29) is 5.02 Å². The summed E-state index contributed by atoms with van der Waals surface area (Å²) >= 11 is 9.00. The first kappa shape index (κ1) is 21.0. The van der Waals surface area contributed by atoms with Crippen LogP contribution in [0.3, 0.4) is 0 Å². The van der Waals surface area contributed by atoms with Crippen molar-refractivity contribution in [3.63, 3.8) is 0 Å². The van der Waals surface area contributed by atoms with Gasteiger partial charge < -0.3 is 15.4 Å². The number of alkyl halides is 3. The van der Waals surface area contributed by atoms with E-state index in [0.717, 1.165) is 12.1 Å². The number of ether oxygens (including phenoxy) is 1. The van der Waals surface area contributed by atoms with Crippen LogP contribution in [0.1, 0.15) is 5.56 Å². The molecule has 3 aromatic rings. The monoisotopic (exact) mass is 488 g/mol. The molecule has 0 bridgehead atoms. The van der Waals surface area contributed by atoms with Gasteiger partial charge in [0.25, 0.3) is 0 Å². The number of carbonyl (C=O) groups is 1. The summed E-state index contributed by atoms with van der Waals surface area (Å²) in [7, 11) is 1.49. The van der Waals surface area contributed by atoms with E-state index in [2.05, 4.69) is 36.8 Å². The number of urea groups is 1. The van der Waals surface area contributed by atoms with E-state index < -0.39 is 23.5 Å². The van der Waals surface area contributed by atoms with Crippen LogP contribution in [0.4, 0.5) is 29.3 Å². The highest BCUT2D eigenvalue weighted by atomic mass is 79.9. The summed E-state index contributed by atoms with van der Waals surface area (Å²) in [6.07, 6.45) is -3.12. The Morgan fingerprint density at radius 1 is 1.21 bits per heavy atom. The number of nitrogens with zero attached hydrogens (tertiary/aromatic N) is 1. The second kappa shape index (κ2) is 8.34. The van der Waals surface area contributed by atoms with E-state index in [1.807, 2.05) is 0 Å². The molecule has 3 rings (SSSR count). The van der Waals surface area contributed by atoms with Gasteiger partial charge >= 0.3 is 12.2 Å². The number of carbonyl (C=O) groups excluding carboxylic acids is 1. The van der Waals surface area contributed by atoms with E-state index in [1.54, 1.807) is 24.4 Å². The van der Waals surface area contributed by atoms with E-state index >= 15 is 0 Å². The molecule has 1 heterocycles. The Labute approximate surface area is 176 Å². The second-order valence-corrected chi connectivity index (χ2v) is 7.07. The Morgan fingerprint density at radius 2 is 1.97 bits per heavy atom. The third-order valence-electron chi connectivity index (χ3n) is 3.85.